The second-order valence-corrected chi connectivity index (χ2v) is 9.21. The van der Waals surface area contributed by atoms with Crippen molar-refractivity contribution in [2.45, 2.75) is 6.42 Å². The molecule has 0 bridgehead atoms. The van der Waals surface area contributed by atoms with Gasteiger partial charge >= 0.3 is 0 Å². The molecule has 8 nitrogen and oxygen atoms in total. The molecule has 2 aromatic rings. The first-order valence-corrected chi connectivity index (χ1v) is 11.6. The second-order valence-electron chi connectivity index (χ2n) is 7.12. The largest absolute Gasteiger partial charge is 0.497 e. The normalized spacial score (nSPS) is 16.5. The van der Waals surface area contributed by atoms with E-state index >= 15 is 0 Å². The molecule has 162 valence electrons. The van der Waals surface area contributed by atoms with Crippen LogP contribution in [-0.2, 0) is 10.0 Å². The SMILES string of the molecule is COc1ccc(N2CCN(S(=O)(=O)CCCOc3ccc4c(c3)OCO4)CC2)cc1. The van der Waals surface area contributed by atoms with E-state index in [4.69, 9.17) is 18.9 Å². The van der Waals surface area contributed by atoms with Crippen molar-refractivity contribution in [1.29, 1.82) is 0 Å². The van der Waals surface area contributed by atoms with Gasteiger partial charge in [0.15, 0.2) is 11.5 Å². The molecule has 2 aliphatic heterocycles. The number of nitrogens with zero attached hydrogens (tertiary/aromatic N) is 2. The van der Waals surface area contributed by atoms with Crippen molar-refractivity contribution in [3.63, 3.8) is 0 Å². The number of fused-ring (bicyclic) bond motifs is 1. The third-order valence-corrected chi connectivity index (χ3v) is 7.19. The molecular formula is C21H26N2O6S. The predicted octanol–water partition coefficient (Wildman–Crippen LogP) is 2.34. The van der Waals surface area contributed by atoms with E-state index in [0.29, 0.717) is 56.5 Å². The number of methoxy groups -OCH3 is 1. The molecule has 0 spiro atoms. The summed E-state index contributed by atoms with van der Waals surface area (Å²) in [4.78, 5) is 2.19. The number of piperazine rings is 1. The van der Waals surface area contributed by atoms with E-state index in [0.717, 1.165) is 11.4 Å². The Kier molecular flexibility index (Phi) is 6.19. The Bertz CT molecular complexity index is 956. The molecule has 0 aromatic heterocycles. The summed E-state index contributed by atoms with van der Waals surface area (Å²) in [6, 6.07) is 13.2. The van der Waals surface area contributed by atoms with Crippen LogP contribution in [0.1, 0.15) is 6.42 Å². The van der Waals surface area contributed by atoms with Gasteiger partial charge in [0.2, 0.25) is 16.8 Å². The molecule has 30 heavy (non-hydrogen) atoms. The molecule has 1 fully saturated rings. The molecular weight excluding hydrogens is 408 g/mol. The lowest BCUT2D eigenvalue weighted by Crippen LogP contribution is -2.49. The summed E-state index contributed by atoms with van der Waals surface area (Å²) in [5.74, 6) is 2.86. The highest BCUT2D eigenvalue weighted by molar-refractivity contribution is 7.89. The monoisotopic (exact) mass is 434 g/mol. The topological polar surface area (TPSA) is 77.5 Å². The van der Waals surface area contributed by atoms with E-state index in [-0.39, 0.29) is 12.5 Å². The standard InChI is InChI=1S/C21H26N2O6S/c1-26-18-5-3-17(4-6-18)22-9-11-23(12-10-22)30(24,25)14-2-13-27-19-7-8-20-21(15-19)29-16-28-20/h3-8,15H,2,9-14,16H2,1H3. The van der Waals surface area contributed by atoms with Crippen molar-refractivity contribution >= 4 is 15.7 Å². The number of hydrogen-bond donors (Lipinski definition) is 0. The zero-order chi connectivity index (χ0) is 21.0. The maximum absolute atomic E-state index is 12.7. The molecule has 0 amide bonds. The highest BCUT2D eigenvalue weighted by atomic mass is 32.2. The molecule has 0 saturated carbocycles. The van der Waals surface area contributed by atoms with Gasteiger partial charge in [0.25, 0.3) is 0 Å². The maximum Gasteiger partial charge on any atom is 0.231 e. The number of anilines is 1. The van der Waals surface area contributed by atoms with Crippen LogP contribution >= 0.6 is 0 Å². The molecule has 2 heterocycles. The molecule has 0 atom stereocenters. The molecule has 2 aliphatic rings. The zero-order valence-electron chi connectivity index (χ0n) is 17.0. The first kappa shape index (κ1) is 20.6. The van der Waals surface area contributed by atoms with E-state index in [9.17, 15) is 8.42 Å². The van der Waals surface area contributed by atoms with Gasteiger partial charge in [-0.15, -0.1) is 0 Å². The summed E-state index contributed by atoms with van der Waals surface area (Å²) >= 11 is 0. The number of hydrogen-bond acceptors (Lipinski definition) is 7. The summed E-state index contributed by atoms with van der Waals surface area (Å²) in [5.41, 5.74) is 1.07. The Hall–Kier alpha value is -2.65. The van der Waals surface area contributed by atoms with Gasteiger partial charge in [-0.05, 0) is 42.8 Å². The van der Waals surface area contributed by atoms with Gasteiger partial charge in [-0.3, -0.25) is 0 Å². The van der Waals surface area contributed by atoms with Crippen LogP contribution in [0.5, 0.6) is 23.0 Å². The van der Waals surface area contributed by atoms with Gasteiger partial charge in [-0.1, -0.05) is 0 Å². The number of benzene rings is 2. The highest BCUT2D eigenvalue weighted by Crippen LogP contribution is 2.35. The summed E-state index contributed by atoms with van der Waals surface area (Å²) in [7, 11) is -1.66. The van der Waals surface area contributed by atoms with E-state index in [1.165, 1.54) is 0 Å². The van der Waals surface area contributed by atoms with E-state index < -0.39 is 10.0 Å². The van der Waals surface area contributed by atoms with Gasteiger partial charge < -0.3 is 23.8 Å². The Morgan fingerprint density at radius 3 is 2.37 bits per heavy atom. The van der Waals surface area contributed by atoms with Gasteiger partial charge in [0, 0.05) is 37.9 Å². The fraction of sp³-hybridized carbons (Fsp3) is 0.429. The smallest absolute Gasteiger partial charge is 0.231 e. The summed E-state index contributed by atoms with van der Waals surface area (Å²) < 4.78 is 48.4. The van der Waals surface area contributed by atoms with Crippen LogP contribution in [-0.4, -0.2) is 65.2 Å². The van der Waals surface area contributed by atoms with Crippen LogP contribution in [0.4, 0.5) is 5.69 Å². The Balaban J connectivity index is 1.22. The molecule has 2 aromatic carbocycles. The molecule has 4 rings (SSSR count). The van der Waals surface area contributed by atoms with E-state index in [1.54, 1.807) is 29.6 Å². The van der Waals surface area contributed by atoms with Crippen LogP contribution in [0, 0.1) is 0 Å². The lowest BCUT2D eigenvalue weighted by atomic mass is 10.2. The summed E-state index contributed by atoms with van der Waals surface area (Å²) in [6.45, 7) is 2.83. The number of rotatable bonds is 8. The van der Waals surface area contributed by atoms with Crippen LogP contribution in [0.3, 0.4) is 0 Å². The fourth-order valence-corrected chi connectivity index (χ4v) is 5.01. The van der Waals surface area contributed by atoms with E-state index in [1.807, 2.05) is 24.3 Å². The Labute approximate surface area is 176 Å². The first-order valence-electron chi connectivity index (χ1n) is 9.94. The van der Waals surface area contributed by atoms with Gasteiger partial charge in [-0.25, -0.2) is 8.42 Å². The molecule has 0 radical (unpaired) electrons. The quantitative estimate of drug-likeness (QED) is 0.590. The highest BCUT2D eigenvalue weighted by Gasteiger charge is 2.26. The first-order chi connectivity index (χ1) is 14.5. The van der Waals surface area contributed by atoms with Crippen molar-refractivity contribution in [3.05, 3.63) is 42.5 Å². The molecule has 9 heteroatoms. The number of sulfonamides is 1. The maximum atomic E-state index is 12.7. The average Bonchev–Trinajstić information content (AvgIpc) is 3.25. The van der Waals surface area contributed by atoms with Crippen LogP contribution < -0.4 is 23.8 Å². The van der Waals surface area contributed by atoms with Crippen molar-refractivity contribution in [3.8, 4) is 23.0 Å². The second kappa shape index (κ2) is 9.01. The minimum absolute atomic E-state index is 0.0695. The van der Waals surface area contributed by atoms with Crippen molar-refractivity contribution in [2.75, 3.05) is 57.3 Å². The van der Waals surface area contributed by atoms with Crippen LogP contribution in [0.15, 0.2) is 42.5 Å². The third kappa shape index (κ3) is 4.73. The van der Waals surface area contributed by atoms with Crippen LogP contribution in [0.25, 0.3) is 0 Å². The van der Waals surface area contributed by atoms with Crippen molar-refractivity contribution in [1.82, 2.24) is 4.31 Å². The third-order valence-electron chi connectivity index (χ3n) is 5.23. The number of ether oxygens (including phenoxy) is 4. The van der Waals surface area contributed by atoms with Gasteiger partial charge in [0.1, 0.15) is 11.5 Å². The summed E-state index contributed by atoms with van der Waals surface area (Å²) in [5, 5.41) is 0. The Morgan fingerprint density at radius 2 is 1.63 bits per heavy atom. The van der Waals surface area contributed by atoms with Crippen molar-refractivity contribution < 1.29 is 27.4 Å². The summed E-state index contributed by atoms with van der Waals surface area (Å²) in [6.07, 6.45) is 0.426. The van der Waals surface area contributed by atoms with Crippen molar-refractivity contribution in [2.24, 2.45) is 0 Å². The van der Waals surface area contributed by atoms with Gasteiger partial charge in [-0.2, -0.15) is 4.31 Å². The van der Waals surface area contributed by atoms with Gasteiger partial charge in [0.05, 0.1) is 19.5 Å². The van der Waals surface area contributed by atoms with Crippen LogP contribution in [0.2, 0.25) is 0 Å². The lowest BCUT2D eigenvalue weighted by molar-refractivity contribution is 0.173. The molecule has 0 aliphatic carbocycles. The fourth-order valence-electron chi connectivity index (χ4n) is 3.54. The molecule has 1 saturated heterocycles. The minimum atomic E-state index is -3.30. The lowest BCUT2D eigenvalue weighted by Gasteiger charge is -2.35. The minimum Gasteiger partial charge on any atom is -0.497 e. The predicted molar refractivity (Wildman–Crippen MR) is 113 cm³/mol. The zero-order valence-corrected chi connectivity index (χ0v) is 17.8. The average molecular weight is 435 g/mol. The molecule has 0 N–H and O–H groups in total. The Morgan fingerprint density at radius 1 is 0.933 bits per heavy atom. The van der Waals surface area contributed by atoms with E-state index in [2.05, 4.69) is 4.90 Å². The molecule has 0 unspecified atom stereocenters.